The highest BCUT2D eigenvalue weighted by Gasteiger charge is 2.28. The smallest absolute Gasteiger partial charge is 0.0454 e. The lowest BCUT2D eigenvalue weighted by Crippen LogP contribution is -2.54. The second kappa shape index (κ2) is 6.44. The Morgan fingerprint density at radius 1 is 1.20 bits per heavy atom. The van der Waals surface area contributed by atoms with E-state index in [0.717, 1.165) is 29.7 Å². The molecule has 1 atom stereocenters. The zero-order chi connectivity index (χ0) is 13.9. The molecule has 0 aromatic heterocycles. The molecule has 0 aliphatic carbocycles. The molecule has 0 spiro atoms. The molecule has 2 aliphatic rings. The molecule has 1 aromatic rings. The van der Waals surface area contributed by atoms with Gasteiger partial charge in [-0.3, -0.25) is 9.80 Å². The maximum atomic E-state index is 6.37. The van der Waals surface area contributed by atoms with Crippen LogP contribution in [0.1, 0.15) is 30.4 Å². The normalized spacial score (nSPS) is 24.6. The Labute approximate surface area is 126 Å². The van der Waals surface area contributed by atoms with Crippen LogP contribution in [-0.4, -0.2) is 42.0 Å². The Hall–Kier alpha value is -0.610. The van der Waals surface area contributed by atoms with Crippen molar-refractivity contribution in [2.24, 2.45) is 5.73 Å². The number of rotatable bonds is 3. The van der Waals surface area contributed by atoms with Gasteiger partial charge in [-0.2, -0.15) is 0 Å². The van der Waals surface area contributed by atoms with Crippen LogP contribution >= 0.6 is 11.6 Å². The summed E-state index contributed by atoms with van der Waals surface area (Å²) in [5.41, 5.74) is 7.99. The molecular formula is C16H24ClN3. The van der Waals surface area contributed by atoms with Crippen molar-refractivity contribution in [3.05, 3.63) is 34.3 Å². The largest absolute Gasteiger partial charge is 0.326 e. The van der Waals surface area contributed by atoms with Crippen LogP contribution in [0.4, 0.5) is 0 Å². The molecule has 2 N–H and O–H groups in total. The van der Waals surface area contributed by atoms with E-state index in [1.165, 1.54) is 44.5 Å². The number of piperazine rings is 1. The molecule has 2 fully saturated rings. The molecule has 0 radical (unpaired) electrons. The van der Waals surface area contributed by atoms with Crippen LogP contribution in [0.15, 0.2) is 18.2 Å². The summed E-state index contributed by atoms with van der Waals surface area (Å²) < 4.78 is 0. The number of halogens is 1. The van der Waals surface area contributed by atoms with Gasteiger partial charge in [-0.1, -0.05) is 30.2 Å². The van der Waals surface area contributed by atoms with E-state index >= 15 is 0 Å². The molecule has 0 saturated carbocycles. The highest BCUT2D eigenvalue weighted by molar-refractivity contribution is 6.31. The molecule has 1 unspecified atom stereocenters. The molecule has 4 heteroatoms. The maximum Gasteiger partial charge on any atom is 0.0454 e. The summed E-state index contributed by atoms with van der Waals surface area (Å²) in [6, 6.07) is 7.00. The zero-order valence-electron chi connectivity index (χ0n) is 12.0. The Bertz CT molecular complexity index is 463. The third-order valence-corrected chi connectivity index (χ3v) is 5.02. The summed E-state index contributed by atoms with van der Waals surface area (Å²) in [6.07, 6.45) is 4.13. The quantitative estimate of drug-likeness (QED) is 0.929. The topological polar surface area (TPSA) is 32.5 Å². The van der Waals surface area contributed by atoms with E-state index in [9.17, 15) is 0 Å². The minimum absolute atomic E-state index is 0.556. The number of piperidine rings is 1. The molecule has 20 heavy (non-hydrogen) atoms. The monoisotopic (exact) mass is 293 g/mol. The average molecular weight is 294 g/mol. The molecule has 1 aromatic carbocycles. The summed E-state index contributed by atoms with van der Waals surface area (Å²) in [6.45, 7) is 6.38. The van der Waals surface area contributed by atoms with E-state index in [4.69, 9.17) is 17.3 Å². The van der Waals surface area contributed by atoms with Crippen molar-refractivity contribution in [2.75, 3.05) is 26.2 Å². The van der Waals surface area contributed by atoms with Crippen molar-refractivity contribution in [1.29, 1.82) is 0 Å². The van der Waals surface area contributed by atoms with Gasteiger partial charge in [0.15, 0.2) is 0 Å². The third-order valence-electron chi connectivity index (χ3n) is 4.67. The van der Waals surface area contributed by atoms with Crippen LogP contribution in [0.2, 0.25) is 5.02 Å². The van der Waals surface area contributed by atoms with Gasteiger partial charge in [-0.25, -0.2) is 0 Å². The molecule has 3 rings (SSSR count). The lowest BCUT2D eigenvalue weighted by atomic mass is 9.99. The summed E-state index contributed by atoms with van der Waals surface area (Å²) >= 11 is 6.37. The molecular weight excluding hydrogens is 270 g/mol. The van der Waals surface area contributed by atoms with Crippen molar-refractivity contribution in [3.8, 4) is 0 Å². The lowest BCUT2D eigenvalue weighted by molar-refractivity contribution is 0.0457. The van der Waals surface area contributed by atoms with E-state index < -0.39 is 0 Å². The minimum Gasteiger partial charge on any atom is -0.326 e. The van der Waals surface area contributed by atoms with E-state index in [1.807, 2.05) is 6.07 Å². The molecule has 2 saturated heterocycles. The molecule has 2 heterocycles. The predicted molar refractivity (Wildman–Crippen MR) is 83.8 cm³/mol. The van der Waals surface area contributed by atoms with Gasteiger partial charge in [0.1, 0.15) is 0 Å². The van der Waals surface area contributed by atoms with Gasteiger partial charge in [-0.15, -0.1) is 0 Å². The van der Waals surface area contributed by atoms with Crippen molar-refractivity contribution >= 4 is 11.6 Å². The van der Waals surface area contributed by atoms with Gasteiger partial charge < -0.3 is 5.73 Å². The first-order chi connectivity index (χ1) is 9.76. The van der Waals surface area contributed by atoms with E-state index in [-0.39, 0.29) is 0 Å². The van der Waals surface area contributed by atoms with Gasteiger partial charge in [-0.05, 0) is 36.6 Å². The first-order valence-corrected chi connectivity index (χ1v) is 8.08. The zero-order valence-corrected chi connectivity index (χ0v) is 12.8. The van der Waals surface area contributed by atoms with Gasteiger partial charge in [0.25, 0.3) is 0 Å². The van der Waals surface area contributed by atoms with E-state index in [0.29, 0.717) is 6.54 Å². The van der Waals surface area contributed by atoms with Gasteiger partial charge in [0.2, 0.25) is 0 Å². The molecule has 0 bridgehead atoms. The molecule has 3 nitrogen and oxygen atoms in total. The van der Waals surface area contributed by atoms with Crippen LogP contribution in [0, 0.1) is 0 Å². The highest BCUT2D eigenvalue weighted by Crippen LogP contribution is 2.24. The fraction of sp³-hybridized carbons (Fsp3) is 0.625. The van der Waals surface area contributed by atoms with Gasteiger partial charge >= 0.3 is 0 Å². The number of nitrogens with two attached hydrogens (primary N) is 1. The maximum absolute atomic E-state index is 6.37. The van der Waals surface area contributed by atoms with Crippen LogP contribution < -0.4 is 5.73 Å². The van der Waals surface area contributed by atoms with Gasteiger partial charge in [0, 0.05) is 43.8 Å². The summed E-state index contributed by atoms with van der Waals surface area (Å²) in [4.78, 5) is 5.22. The summed E-state index contributed by atoms with van der Waals surface area (Å²) in [7, 11) is 0. The Balaban J connectivity index is 1.63. The molecule has 110 valence electrons. The number of hydrogen-bond acceptors (Lipinski definition) is 3. The average Bonchev–Trinajstić information content (AvgIpc) is 2.49. The first-order valence-electron chi connectivity index (χ1n) is 7.70. The van der Waals surface area contributed by atoms with Crippen molar-refractivity contribution < 1.29 is 0 Å². The Kier molecular flexibility index (Phi) is 4.61. The van der Waals surface area contributed by atoms with Crippen molar-refractivity contribution in [3.63, 3.8) is 0 Å². The number of nitrogens with zero attached hydrogens (tertiary/aromatic N) is 2. The Morgan fingerprint density at radius 2 is 2.10 bits per heavy atom. The van der Waals surface area contributed by atoms with Crippen LogP contribution in [-0.2, 0) is 13.1 Å². The number of benzene rings is 1. The fourth-order valence-electron chi connectivity index (χ4n) is 3.45. The van der Waals surface area contributed by atoms with Crippen molar-refractivity contribution in [2.45, 2.75) is 38.4 Å². The van der Waals surface area contributed by atoms with Crippen LogP contribution in [0.25, 0.3) is 0 Å². The lowest BCUT2D eigenvalue weighted by Gasteiger charge is -2.44. The van der Waals surface area contributed by atoms with Crippen molar-refractivity contribution in [1.82, 2.24) is 9.80 Å². The summed E-state index contributed by atoms with van der Waals surface area (Å²) in [5, 5.41) is 0.860. The second-order valence-corrected chi connectivity index (χ2v) is 6.46. The Morgan fingerprint density at radius 3 is 2.90 bits per heavy atom. The second-order valence-electron chi connectivity index (χ2n) is 6.05. The fourth-order valence-corrected chi connectivity index (χ4v) is 3.71. The number of fused-ring (bicyclic) bond motifs is 1. The minimum atomic E-state index is 0.556. The highest BCUT2D eigenvalue weighted by atomic mass is 35.5. The van der Waals surface area contributed by atoms with E-state index in [2.05, 4.69) is 21.9 Å². The molecule has 2 aliphatic heterocycles. The third kappa shape index (κ3) is 3.17. The van der Waals surface area contributed by atoms with Crippen LogP contribution in [0.5, 0.6) is 0 Å². The number of hydrogen-bond donors (Lipinski definition) is 1. The van der Waals surface area contributed by atoms with E-state index in [1.54, 1.807) is 0 Å². The van der Waals surface area contributed by atoms with Crippen LogP contribution in [0.3, 0.4) is 0 Å². The standard InChI is InChI=1S/C16H24ClN3/c17-16-9-13(10-18)4-5-14(16)11-19-7-8-20-6-2-1-3-15(20)12-19/h4-5,9,15H,1-3,6-8,10-12,18H2. The predicted octanol–water partition coefficient (Wildman–Crippen LogP) is 2.47. The SMILES string of the molecule is NCc1ccc(CN2CCN3CCCCC3C2)c(Cl)c1. The summed E-state index contributed by atoms with van der Waals surface area (Å²) in [5.74, 6) is 0. The van der Waals surface area contributed by atoms with Gasteiger partial charge in [0.05, 0.1) is 0 Å². The first kappa shape index (κ1) is 14.3. The molecule has 0 amide bonds.